The summed E-state index contributed by atoms with van der Waals surface area (Å²) >= 11 is 1.19. The fourth-order valence-electron chi connectivity index (χ4n) is 2.40. The lowest BCUT2D eigenvalue weighted by atomic mass is 9.90. The molecule has 0 aliphatic carbocycles. The number of fused-ring (bicyclic) bond motifs is 1. The number of thioether (sulfide) groups is 1. The zero-order valence-electron chi connectivity index (χ0n) is 16.0. The van der Waals surface area contributed by atoms with E-state index in [9.17, 15) is 14.9 Å². The Bertz CT molecular complexity index is 961. The van der Waals surface area contributed by atoms with Gasteiger partial charge in [0.1, 0.15) is 5.54 Å². The zero-order chi connectivity index (χ0) is 20.2. The minimum atomic E-state index is -0.955. The normalized spacial score (nSPS) is 14.4. The van der Waals surface area contributed by atoms with E-state index in [0.717, 1.165) is 0 Å². The van der Waals surface area contributed by atoms with E-state index in [4.69, 9.17) is 0 Å². The van der Waals surface area contributed by atoms with Crippen LogP contribution in [0.25, 0.3) is 10.9 Å². The van der Waals surface area contributed by atoms with Gasteiger partial charge in [-0.1, -0.05) is 43.8 Å². The van der Waals surface area contributed by atoms with Gasteiger partial charge < -0.3 is 5.32 Å². The Morgan fingerprint density at radius 2 is 2.11 bits per heavy atom. The summed E-state index contributed by atoms with van der Waals surface area (Å²) in [6, 6.07) is 9.28. The molecule has 0 saturated carbocycles. The molecule has 1 amide bonds. The van der Waals surface area contributed by atoms with Crippen molar-refractivity contribution in [3.63, 3.8) is 0 Å². The summed E-state index contributed by atoms with van der Waals surface area (Å²) in [5.41, 5.74) is -0.537. The molecule has 0 aliphatic rings. The molecular formula is C20H24N4O2S. The van der Waals surface area contributed by atoms with Crippen LogP contribution in [0.15, 0.2) is 46.9 Å². The highest BCUT2D eigenvalue weighted by Crippen LogP contribution is 2.24. The largest absolute Gasteiger partial charge is 0.337 e. The Hall–Kier alpha value is -2.59. The number of nitrogens with zero attached hydrogens (tertiary/aromatic N) is 3. The van der Waals surface area contributed by atoms with Gasteiger partial charge in [-0.25, -0.2) is 4.98 Å². The highest BCUT2D eigenvalue weighted by Gasteiger charge is 2.32. The van der Waals surface area contributed by atoms with Gasteiger partial charge in [0.15, 0.2) is 5.16 Å². The number of amides is 1. The first-order valence-corrected chi connectivity index (χ1v) is 9.62. The summed E-state index contributed by atoms with van der Waals surface area (Å²) in [5.74, 6) is -0.313. The van der Waals surface area contributed by atoms with Crippen molar-refractivity contribution < 1.29 is 4.79 Å². The lowest BCUT2D eigenvalue weighted by Crippen LogP contribution is -2.51. The van der Waals surface area contributed by atoms with E-state index in [1.165, 1.54) is 16.3 Å². The molecule has 2 aromatic rings. The summed E-state index contributed by atoms with van der Waals surface area (Å²) in [7, 11) is 0. The summed E-state index contributed by atoms with van der Waals surface area (Å²) in [5, 5.41) is 12.7. The van der Waals surface area contributed by atoms with Crippen molar-refractivity contribution in [2.24, 2.45) is 5.92 Å². The molecule has 1 aromatic heterocycles. The first-order chi connectivity index (χ1) is 12.7. The SMILES string of the molecule is C=CCn1c(SC(C)C(=O)NC(C)(C#N)C(C)C)nc2ccccc2c1=O. The molecule has 1 aromatic carbocycles. The lowest BCUT2D eigenvalue weighted by molar-refractivity contribution is -0.121. The first kappa shape index (κ1) is 20.7. The summed E-state index contributed by atoms with van der Waals surface area (Å²) in [6.07, 6.45) is 1.62. The van der Waals surface area contributed by atoms with Crippen molar-refractivity contribution in [3.8, 4) is 6.07 Å². The van der Waals surface area contributed by atoms with E-state index in [2.05, 4.69) is 22.9 Å². The van der Waals surface area contributed by atoms with E-state index in [1.54, 1.807) is 38.1 Å². The molecule has 1 heterocycles. The molecule has 1 N–H and O–H groups in total. The third-order valence-corrected chi connectivity index (χ3v) is 5.65. The lowest BCUT2D eigenvalue weighted by Gasteiger charge is -2.28. The quantitative estimate of drug-likeness (QED) is 0.450. The molecule has 0 saturated heterocycles. The van der Waals surface area contributed by atoms with Crippen LogP contribution in [0.4, 0.5) is 0 Å². The van der Waals surface area contributed by atoms with Crippen LogP contribution in [0.2, 0.25) is 0 Å². The molecule has 2 rings (SSSR count). The standard InChI is InChI=1S/C20H24N4O2S/c1-6-11-24-18(26)15-9-7-8-10-16(15)22-19(24)27-14(4)17(25)23-20(5,12-21)13(2)3/h6-10,13-14H,1,11H2,2-5H3,(H,23,25). The van der Waals surface area contributed by atoms with Crippen LogP contribution in [0.3, 0.4) is 0 Å². The molecule has 6 nitrogen and oxygen atoms in total. The Morgan fingerprint density at radius 3 is 2.70 bits per heavy atom. The van der Waals surface area contributed by atoms with Gasteiger partial charge in [0.05, 0.1) is 22.2 Å². The van der Waals surface area contributed by atoms with Crippen LogP contribution in [0.1, 0.15) is 27.7 Å². The maximum absolute atomic E-state index is 12.8. The minimum Gasteiger partial charge on any atom is -0.337 e. The van der Waals surface area contributed by atoms with Crippen molar-refractivity contribution in [1.82, 2.24) is 14.9 Å². The number of para-hydroxylation sites is 1. The van der Waals surface area contributed by atoms with Crippen molar-refractivity contribution in [2.45, 2.75) is 50.2 Å². The van der Waals surface area contributed by atoms with Gasteiger partial charge in [0, 0.05) is 6.54 Å². The molecule has 0 radical (unpaired) electrons. The number of hydrogen-bond donors (Lipinski definition) is 1. The van der Waals surface area contributed by atoms with Crippen molar-refractivity contribution in [3.05, 3.63) is 47.3 Å². The van der Waals surface area contributed by atoms with E-state index >= 15 is 0 Å². The molecule has 2 atom stereocenters. The van der Waals surface area contributed by atoms with Crippen LogP contribution in [-0.2, 0) is 11.3 Å². The molecule has 2 unspecified atom stereocenters. The second-order valence-electron chi connectivity index (χ2n) is 6.83. The number of carbonyl (C=O) groups excluding carboxylic acids is 1. The van der Waals surface area contributed by atoms with Crippen LogP contribution < -0.4 is 10.9 Å². The monoisotopic (exact) mass is 384 g/mol. The van der Waals surface area contributed by atoms with Crippen molar-refractivity contribution >= 4 is 28.6 Å². The number of carbonyl (C=O) groups is 1. The van der Waals surface area contributed by atoms with Crippen molar-refractivity contribution in [2.75, 3.05) is 0 Å². The van der Waals surface area contributed by atoms with E-state index in [0.29, 0.717) is 22.6 Å². The van der Waals surface area contributed by atoms with Gasteiger partial charge in [-0.15, -0.1) is 6.58 Å². The Kier molecular flexibility index (Phi) is 6.45. The number of nitrogens with one attached hydrogen (secondary N) is 1. The van der Waals surface area contributed by atoms with Gasteiger partial charge >= 0.3 is 0 Å². The topological polar surface area (TPSA) is 87.8 Å². The third-order valence-electron chi connectivity index (χ3n) is 4.56. The molecule has 7 heteroatoms. The van der Waals surface area contributed by atoms with E-state index in [1.807, 2.05) is 19.9 Å². The Morgan fingerprint density at radius 1 is 1.44 bits per heavy atom. The molecule has 0 spiro atoms. The summed E-state index contributed by atoms with van der Waals surface area (Å²) < 4.78 is 1.51. The average Bonchev–Trinajstić information content (AvgIpc) is 2.64. The minimum absolute atomic E-state index is 0.0404. The van der Waals surface area contributed by atoms with E-state index < -0.39 is 10.8 Å². The predicted octanol–water partition coefficient (Wildman–Crippen LogP) is 3.12. The second kappa shape index (κ2) is 8.40. The maximum Gasteiger partial charge on any atom is 0.262 e. The predicted molar refractivity (Wildman–Crippen MR) is 109 cm³/mol. The molecule has 0 bridgehead atoms. The number of benzene rings is 1. The van der Waals surface area contributed by atoms with Gasteiger partial charge in [-0.2, -0.15) is 5.26 Å². The average molecular weight is 385 g/mol. The van der Waals surface area contributed by atoms with Crippen LogP contribution in [-0.4, -0.2) is 26.2 Å². The molecule has 0 fully saturated rings. The number of aromatic nitrogens is 2. The van der Waals surface area contributed by atoms with Crippen LogP contribution >= 0.6 is 11.8 Å². The first-order valence-electron chi connectivity index (χ1n) is 8.74. The zero-order valence-corrected chi connectivity index (χ0v) is 16.8. The van der Waals surface area contributed by atoms with Gasteiger partial charge in [-0.3, -0.25) is 14.2 Å². The Labute approximate surface area is 163 Å². The van der Waals surface area contributed by atoms with Crippen LogP contribution in [0, 0.1) is 17.2 Å². The summed E-state index contributed by atoms with van der Waals surface area (Å²) in [4.78, 5) is 30.0. The highest BCUT2D eigenvalue weighted by atomic mass is 32.2. The third kappa shape index (κ3) is 4.40. The maximum atomic E-state index is 12.8. The molecular weight excluding hydrogens is 360 g/mol. The van der Waals surface area contributed by atoms with Crippen LogP contribution in [0.5, 0.6) is 0 Å². The van der Waals surface area contributed by atoms with E-state index in [-0.39, 0.29) is 17.4 Å². The fourth-order valence-corrected chi connectivity index (χ4v) is 3.32. The Balaban J connectivity index is 2.36. The molecule has 142 valence electrons. The number of hydrogen-bond acceptors (Lipinski definition) is 5. The van der Waals surface area contributed by atoms with Gasteiger partial charge in [0.25, 0.3) is 5.56 Å². The van der Waals surface area contributed by atoms with Crippen molar-refractivity contribution in [1.29, 1.82) is 5.26 Å². The fraction of sp³-hybridized carbons (Fsp3) is 0.400. The van der Waals surface area contributed by atoms with Gasteiger partial charge in [-0.05, 0) is 31.9 Å². The highest BCUT2D eigenvalue weighted by molar-refractivity contribution is 8.00. The summed E-state index contributed by atoms with van der Waals surface area (Å²) in [6.45, 7) is 11.2. The molecule has 0 aliphatic heterocycles. The molecule has 27 heavy (non-hydrogen) atoms. The second-order valence-corrected chi connectivity index (χ2v) is 8.14. The smallest absolute Gasteiger partial charge is 0.262 e. The van der Waals surface area contributed by atoms with Gasteiger partial charge in [0.2, 0.25) is 5.91 Å². The number of nitriles is 1. The number of rotatable bonds is 7. The number of allylic oxidation sites excluding steroid dienone is 1.